The first-order valence-electron chi connectivity index (χ1n) is 8.88. The van der Waals surface area contributed by atoms with Crippen molar-refractivity contribution in [3.8, 4) is 11.5 Å². The molecule has 2 aromatic carbocycles. The number of halogens is 1. The van der Waals surface area contributed by atoms with Gasteiger partial charge in [0.1, 0.15) is 6.54 Å². The van der Waals surface area contributed by atoms with Gasteiger partial charge < -0.3 is 19.7 Å². The third-order valence-corrected chi connectivity index (χ3v) is 5.38. The second-order valence-electron chi connectivity index (χ2n) is 6.78. The number of anilines is 1. The van der Waals surface area contributed by atoms with Gasteiger partial charge in [-0.3, -0.25) is 4.79 Å². The first-order valence-corrected chi connectivity index (χ1v) is 9.26. The van der Waals surface area contributed by atoms with Gasteiger partial charge in [-0.05, 0) is 56.2 Å². The molecule has 0 radical (unpaired) electrons. The third-order valence-electron chi connectivity index (χ3n) is 4.97. The Bertz CT molecular complexity index is 823. The van der Waals surface area contributed by atoms with Crippen molar-refractivity contribution in [1.82, 2.24) is 0 Å². The number of carbonyl (C=O) groups is 1. The fraction of sp³-hybridized carbons (Fsp3) is 0.381. The standard InChI is InChI=1S/C21H27ClN2O3/c1-13-10-19(26-5)20(27-6)11-16(13)12-24(4)15(3)21(25)23-18-9-7-8-17(22)14(18)2/h7-11,15H,12H2,1-6H3,(H,23,25)/p+1/t15-/m1/s1. The summed E-state index contributed by atoms with van der Waals surface area (Å²) >= 11 is 6.14. The molecule has 0 heterocycles. The van der Waals surface area contributed by atoms with Gasteiger partial charge in [-0.2, -0.15) is 0 Å². The number of hydrogen-bond acceptors (Lipinski definition) is 3. The first-order chi connectivity index (χ1) is 12.8. The molecule has 0 saturated heterocycles. The van der Waals surface area contributed by atoms with Gasteiger partial charge >= 0.3 is 0 Å². The topological polar surface area (TPSA) is 52.0 Å². The summed E-state index contributed by atoms with van der Waals surface area (Å²) in [5.41, 5.74) is 3.83. The van der Waals surface area contributed by atoms with Gasteiger partial charge in [0.15, 0.2) is 17.5 Å². The molecule has 2 rings (SSSR count). The van der Waals surface area contributed by atoms with Crippen LogP contribution in [0.4, 0.5) is 5.69 Å². The van der Waals surface area contributed by atoms with Crippen molar-refractivity contribution in [2.24, 2.45) is 0 Å². The van der Waals surface area contributed by atoms with Crippen LogP contribution in [0.5, 0.6) is 11.5 Å². The SMILES string of the molecule is COc1cc(C)c(C[NH+](C)[C@H](C)C(=O)Nc2cccc(Cl)c2C)cc1OC. The van der Waals surface area contributed by atoms with Crippen LogP contribution in [0.3, 0.4) is 0 Å². The summed E-state index contributed by atoms with van der Waals surface area (Å²) in [5, 5.41) is 3.62. The number of nitrogens with one attached hydrogen (secondary N) is 2. The van der Waals surface area contributed by atoms with Gasteiger partial charge in [0, 0.05) is 16.3 Å². The van der Waals surface area contributed by atoms with Crippen LogP contribution in [0.25, 0.3) is 0 Å². The molecule has 0 saturated carbocycles. The first kappa shape index (κ1) is 21.1. The molecule has 5 nitrogen and oxygen atoms in total. The van der Waals surface area contributed by atoms with Crippen molar-refractivity contribution < 1.29 is 19.2 Å². The number of amides is 1. The van der Waals surface area contributed by atoms with Crippen molar-refractivity contribution in [2.75, 3.05) is 26.6 Å². The Hall–Kier alpha value is -2.24. The van der Waals surface area contributed by atoms with E-state index in [1.165, 1.54) is 0 Å². The van der Waals surface area contributed by atoms with E-state index >= 15 is 0 Å². The third kappa shape index (κ3) is 4.93. The second-order valence-corrected chi connectivity index (χ2v) is 7.19. The normalized spacial score (nSPS) is 13.0. The zero-order valence-electron chi connectivity index (χ0n) is 16.8. The number of likely N-dealkylation sites (N-methyl/N-ethyl adjacent to an activating group) is 1. The highest BCUT2D eigenvalue weighted by Crippen LogP contribution is 2.30. The minimum atomic E-state index is -0.240. The van der Waals surface area contributed by atoms with E-state index in [0.717, 1.165) is 27.3 Å². The Morgan fingerprint density at radius 1 is 1.19 bits per heavy atom. The molecule has 0 aromatic heterocycles. The molecule has 6 heteroatoms. The lowest BCUT2D eigenvalue weighted by molar-refractivity contribution is -0.907. The highest BCUT2D eigenvalue weighted by molar-refractivity contribution is 6.31. The fourth-order valence-electron chi connectivity index (χ4n) is 2.87. The molecular formula is C21H28ClN2O3+. The molecule has 2 atom stereocenters. The Kier molecular flexibility index (Phi) is 7.11. The van der Waals surface area contributed by atoms with Crippen LogP contribution < -0.4 is 19.7 Å². The van der Waals surface area contributed by atoms with E-state index in [4.69, 9.17) is 21.1 Å². The van der Waals surface area contributed by atoms with Crippen molar-refractivity contribution in [1.29, 1.82) is 0 Å². The van der Waals surface area contributed by atoms with E-state index in [1.807, 2.05) is 58.2 Å². The van der Waals surface area contributed by atoms with Crippen molar-refractivity contribution >= 4 is 23.2 Å². The van der Waals surface area contributed by atoms with Crippen molar-refractivity contribution in [2.45, 2.75) is 33.4 Å². The smallest absolute Gasteiger partial charge is 0.282 e. The van der Waals surface area contributed by atoms with Crippen LogP contribution in [-0.4, -0.2) is 33.2 Å². The lowest BCUT2D eigenvalue weighted by Gasteiger charge is -2.23. The van der Waals surface area contributed by atoms with Crippen molar-refractivity contribution in [3.05, 3.63) is 52.0 Å². The van der Waals surface area contributed by atoms with Gasteiger partial charge in [0.05, 0.1) is 21.3 Å². The number of ether oxygens (including phenoxy) is 2. The highest BCUT2D eigenvalue weighted by atomic mass is 35.5. The average molecular weight is 392 g/mol. The number of quaternary nitrogens is 1. The Labute approximate surface area is 166 Å². The summed E-state index contributed by atoms with van der Waals surface area (Å²) in [6, 6.07) is 9.20. The minimum Gasteiger partial charge on any atom is -0.493 e. The number of methoxy groups -OCH3 is 2. The average Bonchev–Trinajstić information content (AvgIpc) is 2.65. The quantitative estimate of drug-likeness (QED) is 0.762. The number of aryl methyl sites for hydroxylation is 1. The Morgan fingerprint density at radius 3 is 2.44 bits per heavy atom. The molecule has 0 aliphatic heterocycles. The largest absolute Gasteiger partial charge is 0.493 e. The molecule has 0 fully saturated rings. The van der Waals surface area contributed by atoms with E-state index in [9.17, 15) is 4.79 Å². The number of hydrogen-bond donors (Lipinski definition) is 2. The summed E-state index contributed by atoms with van der Waals surface area (Å²) in [6.45, 7) is 6.53. The zero-order chi connectivity index (χ0) is 20.1. The van der Waals surface area contributed by atoms with Crippen LogP contribution in [0, 0.1) is 13.8 Å². The number of benzene rings is 2. The van der Waals surface area contributed by atoms with Crippen LogP contribution in [0.1, 0.15) is 23.6 Å². The van der Waals surface area contributed by atoms with E-state index in [0.29, 0.717) is 23.1 Å². The van der Waals surface area contributed by atoms with E-state index in [-0.39, 0.29) is 11.9 Å². The van der Waals surface area contributed by atoms with Gasteiger partial charge in [-0.25, -0.2) is 0 Å². The predicted octanol–water partition coefficient (Wildman–Crippen LogP) is 3.02. The lowest BCUT2D eigenvalue weighted by Crippen LogP contribution is -3.12. The van der Waals surface area contributed by atoms with Gasteiger partial charge in [0.25, 0.3) is 5.91 Å². The van der Waals surface area contributed by atoms with Crippen LogP contribution in [-0.2, 0) is 11.3 Å². The van der Waals surface area contributed by atoms with E-state index in [1.54, 1.807) is 14.2 Å². The lowest BCUT2D eigenvalue weighted by atomic mass is 10.1. The molecule has 0 aliphatic carbocycles. The molecule has 1 unspecified atom stereocenters. The van der Waals surface area contributed by atoms with Crippen LogP contribution in [0.15, 0.2) is 30.3 Å². The molecule has 0 bridgehead atoms. The van der Waals surface area contributed by atoms with Gasteiger partial charge in [-0.15, -0.1) is 0 Å². The molecule has 2 aromatic rings. The van der Waals surface area contributed by atoms with Crippen molar-refractivity contribution in [3.63, 3.8) is 0 Å². The van der Waals surface area contributed by atoms with Crippen LogP contribution in [0.2, 0.25) is 5.02 Å². The number of carbonyl (C=O) groups excluding carboxylic acids is 1. The molecule has 1 amide bonds. The molecule has 0 spiro atoms. The summed E-state index contributed by atoms with van der Waals surface area (Å²) in [4.78, 5) is 13.8. The van der Waals surface area contributed by atoms with Crippen LogP contribution >= 0.6 is 11.6 Å². The van der Waals surface area contributed by atoms with Gasteiger partial charge in [0.2, 0.25) is 0 Å². The zero-order valence-corrected chi connectivity index (χ0v) is 17.5. The minimum absolute atomic E-state index is 0.0454. The molecule has 0 aliphatic rings. The van der Waals surface area contributed by atoms with E-state index < -0.39 is 0 Å². The molecule has 146 valence electrons. The fourth-order valence-corrected chi connectivity index (χ4v) is 3.05. The molecule has 2 N–H and O–H groups in total. The summed E-state index contributed by atoms with van der Waals surface area (Å²) < 4.78 is 10.7. The summed E-state index contributed by atoms with van der Waals surface area (Å²) in [7, 11) is 5.25. The highest BCUT2D eigenvalue weighted by Gasteiger charge is 2.24. The predicted molar refractivity (Wildman–Crippen MR) is 109 cm³/mol. The van der Waals surface area contributed by atoms with E-state index in [2.05, 4.69) is 5.32 Å². The van der Waals surface area contributed by atoms with Gasteiger partial charge in [-0.1, -0.05) is 17.7 Å². The summed E-state index contributed by atoms with van der Waals surface area (Å²) in [5.74, 6) is 1.35. The summed E-state index contributed by atoms with van der Waals surface area (Å²) in [6.07, 6.45) is 0. The maximum absolute atomic E-state index is 12.7. The monoisotopic (exact) mass is 391 g/mol. The Morgan fingerprint density at radius 2 is 1.81 bits per heavy atom. The Balaban J connectivity index is 2.12. The number of rotatable bonds is 7. The molecular weight excluding hydrogens is 364 g/mol. The second kappa shape index (κ2) is 9.11. The molecule has 27 heavy (non-hydrogen) atoms. The maximum Gasteiger partial charge on any atom is 0.282 e. The maximum atomic E-state index is 12.7.